The van der Waals surface area contributed by atoms with Crippen LogP contribution in [0.3, 0.4) is 0 Å². The third-order valence-electron chi connectivity index (χ3n) is 3.37. The maximum atomic E-state index is 11.8. The number of rotatable bonds is 5. The van der Waals surface area contributed by atoms with Gasteiger partial charge in [0.05, 0.1) is 12.0 Å². The van der Waals surface area contributed by atoms with E-state index in [4.69, 9.17) is 10.2 Å². The Morgan fingerprint density at radius 3 is 2.67 bits per heavy atom. The Balaban J connectivity index is 2.41. The molecule has 3 atom stereocenters. The van der Waals surface area contributed by atoms with Crippen LogP contribution in [0.5, 0.6) is 0 Å². The zero-order valence-electron chi connectivity index (χ0n) is 10.9. The van der Waals surface area contributed by atoms with Crippen molar-refractivity contribution in [1.29, 1.82) is 0 Å². The van der Waals surface area contributed by atoms with Gasteiger partial charge in [-0.05, 0) is 26.2 Å². The number of hydrogen-bond acceptors (Lipinski definition) is 3. The van der Waals surface area contributed by atoms with Crippen molar-refractivity contribution in [2.75, 3.05) is 13.6 Å². The first-order valence-electron chi connectivity index (χ1n) is 6.34. The Hall–Kier alpha value is -1.30. The quantitative estimate of drug-likeness (QED) is 0.675. The molecule has 0 spiro atoms. The van der Waals surface area contributed by atoms with Gasteiger partial charge in [0, 0.05) is 19.6 Å². The number of carboxylic acids is 1. The van der Waals surface area contributed by atoms with Gasteiger partial charge in [0.25, 0.3) is 0 Å². The van der Waals surface area contributed by atoms with Gasteiger partial charge in [-0.2, -0.15) is 0 Å². The number of nitrogens with one attached hydrogen (secondary N) is 1. The van der Waals surface area contributed by atoms with E-state index < -0.39 is 18.0 Å². The Labute approximate surface area is 107 Å². The minimum Gasteiger partial charge on any atom is -0.481 e. The van der Waals surface area contributed by atoms with E-state index in [0.29, 0.717) is 25.8 Å². The fraction of sp³-hybridized carbons (Fsp3) is 0.833. The van der Waals surface area contributed by atoms with Gasteiger partial charge in [-0.1, -0.05) is 6.42 Å². The van der Waals surface area contributed by atoms with E-state index in [0.717, 1.165) is 6.42 Å². The normalized spacial score (nSPS) is 24.6. The molecule has 0 saturated heterocycles. The van der Waals surface area contributed by atoms with Gasteiger partial charge in [-0.25, -0.2) is 4.79 Å². The lowest BCUT2D eigenvalue weighted by atomic mass is 10.0. The average molecular weight is 258 g/mol. The molecule has 18 heavy (non-hydrogen) atoms. The summed E-state index contributed by atoms with van der Waals surface area (Å²) in [5.74, 6) is -1.32. The molecule has 1 fully saturated rings. The molecule has 3 N–H and O–H groups in total. The number of carbonyl (C=O) groups excluding carboxylic acids is 1. The van der Waals surface area contributed by atoms with Gasteiger partial charge in [-0.15, -0.1) is 0 Å². The summed E-state index contributed by atoms with van der Waals surface area (Å²) < 4.78 is 0. The number of nitrogens with zero attached hydrogens (tertiary/aromatic N) is 1. The number of carboxylic acid groups (broad SMARTS) is 1. The molecule has 6 heteroatoms. The van der Waals surface area contributed by atoms with Crippen LogP contribution in [0.4, 0.5) is 4.79 Å². The highest BCUT2D eigenvalue weighted by atomic mass is 16.4. The smallest absolute Gasteiger partial charge is 0.317 e. The molecule has 0 bridgehead atoms. The van der Waals surface area contributed by atoms with Crippen LogP contribution in [0.25, 0.3) is 0 Å². The van der Waals surface area contributed by atoms with Crippen molar-refractivity contribution < 1.29 is 19.8 Å². The van der Waals surface area contributed by atoms with E-state index in [1.54, 1.807) is 14.0 Å². The summed E-state index contributed by atoms with van der Waals surface area (Å²) in [6.45, 7) is 2.12. The molecular formula is C12H22N2O4. The molecule has 3 unspecified atom stereocenters. The van der Waals surface area contributed by atoms with Gasteiger partial charge in [0.15, 0.2) is 0 Å². The molecule has 1 aliphatic rings. The summed E-state index contributed by atoms with van der Waals surface area (Å²) >= 11 is 0. The lowest BCUT2D eigenvalue weighted by molar-refractivity contribution is -0.142. The minimum atomic E-state index is -0.843. The highest BCUT2D eigenvalue weighted by Crippen LogP contribution is 2.25. The van der Waals surface area contributed by atoms with Crippen LogP contribution in [0, 0.1) is 5.92 Å². The summed E-state index contributed by atoms with van der Waals surface area (Å²) in [7, 11) is 1.64. The van der Waals surface area contributed by atoms with Gasteiger partial charge in [0.2, 0.25) is 0 Å². The molecule has 104 valence electrons. The van der Waals surface area contributed by atoms with Gasteiger partial charge < -0.3 is 20.4 Å². The van der Waals surface area contributed by atoms with E-state index in [9.17, 15) is 9.59 Å². The first-order chi connectivity index (χ1) is 8.41. The summed E-state index contributed by atoms with van der Waals surface area (Å²) in [5, 5.41) is 20.9. The summed E-state index contributed by atoms with van der Waals surface area (Å²) in [6, 6.07) is -0.544. The van der Waals surface area contributed by atoms with Gasteiger partial charge in [-0.3, -0.25) is 4.79 Å². The number of aliphatic carboxylic acids is 1. The highest BCUT2D eigenvalue weighted by molar-refractivity contribution is 5.77. The van der Waals surface area contributed by atoms with Crippen LogP contribution in [-0.2, 0) is 4.79 Å². The number of urea groups is 1. The first kappa shape index (κ1) is 14.8. The second-order valence-corrected chi connectivity index (χ2v) is 4.99. The number of amides is 2. The zero-order chi connectivity index (χ0) is 13.7. The molecule has 1 rings (SSSR count). The number of aliphatic hydroxyl groups excluding tert-OH is 1. The van der Waals surface area contributed by atoms with Gasteiger partial charge in [0.1, 0.15) is 0 Å². The Kier molecular flexibility index (Phi) is 5.40. The second-order valence-electron chi connectivity index (χ2n) is 4.99. The topological polar surface area (TPSA) is 89.9 Å². The third kappa shape index (κ3) is 4.18. The zero-order valence-corrected chi connectivity index (χ0v) is 10.9. The molecule has 1 aliphatic carbocycles. The molecule has 6 nitrogen and oxygen atoms in total. The van der Waals surface area contributed by atoms with Crippen LogP contribution in [0.15, 0.2) is 0 Å². The van der Waals surface area contributed by atoms with E-state index in [-0.39, 0.29) is 12.1 Å². The van der Waals surface area contributed by atoms with E-state index >= 15 is 0 Å². The maximum Gasteiger partial charge on any atom is 0.317 e. The van der Waals surface area contributed by atoms with E-state index in [1.165, 1.54) is 4.90 Å². The van der Waals surface area contributed by atoms with E-state index in [2.05, 4.69) is 5.32 Å². The SMILES string of the molecule is CC(O)CCN(C)C(=O)NC1CCCC1C(=O)O. The molecule has 0 aromatic heterocycles. The lowest BCUT2D eigenvalue weighted by Crippen LogP contribution is -2.46. The number of hydrogen-bond donors (Lipinski definition) is 3. The standard InChI is InChI=1S/C12H22N2O4/c1-8(15)6-7-14(2)12(18)13-10-5-3-4-9(10)11(16)17/h8-10,15H,3-7H2,1-2H3,(H,13,18)(H,16,17). The number of aliphatic hydroxyl groups is 1. The fourth-order valence-electron chi connectivity index (χ4n) is 2.18. The Bertz CT molecular complexity index is 306. The Morgan fingerprint density at radius 2 is 2.11 bits per heavy atom. The fourth-order valence-corrected chi connectivity index (χ4v) is 2.18. The van der Waals surface area contributed by atoms with Crippen LogP contribution >= 0.6 is 0 Å². The number of carbonyl (C=O) groups is 2. The molecule has 1 saturated carbocycles. The van der Waals surface area contributed by atoms with E-state index in [1.807, 2.05) is 0 Å². The lowest BCUT2D eigenvalue weighted by Gasteiger charge is -2.23. The molecule has 0 aromatic rings. The molecule has 0 aromatic carbocycles. The molecule has 0 radical (unpaired) electrons. The summed E-state index contributed by atoms with van der Waals surface area (Å²) in [4.78, 5) is 24.3. The maximum absolute atomic E-state index is 11.8. The van der Waals surface area contributed by atoms with Crippen molar-refractivity contribution in [3.05, 3.63) is 0 Å². The molecule has 2 amide bonds. The molecule has 0 heterocycles. The van der Waals surface area contributed by atoms with Crippen molar-refractivity contribution in [1.82, 2.24) is 10.2 Å². The summed E-state index contributed by atoms with van der Waals surface area (Å²) in [6.07, 6.45) is 2.24. The first-order valence-corrected chi connectivity index (χ1v) is 6.34. The van der Waals surface area contributed by atoms with Crippen LogP contribution < -0.4 is 5.32 Å². The van der Waals surface area contributed by atoms with Crippen molar-refractivity contribution in [2.45, 2.75) is 44.8 Å². The third-order valence-corrected chi connectivity index (χ3v) is 3.37. The molecule has 0 aliphatic heterocycles. The van der Waals surface area contributed by atoms with Crippen molar-refractivity contribution in [3.63, 3.8) is 0 Å². The van der Waals surface area contributed by atoms with Crippen molar-refractivity contribution in [3.8, 4) is 0 Å². The molecular weight excluding hydrogens is 236 g/mol. The second kappa shape index (κ2) is 6.58. The van der Waals surface area contributed by atoms with Crippen molar-refractivity contribution in [2.24, 2.45) is 5.92 Å². The minimum absolute atomic E-state index is 0.270. The Morgan fingerprint density at radius 1 is 1.44 bits per heavy atom. The van der Waals surface area contributed by atoms with Crippen LogP contribution in [0.2, 0.25) is 0 Å². The van der Waals surface area contributed by atoms with Gasteiger partial charge >= 0.3 is 12.0 Å². The van der Waals surface area contributed by atoms with Crippen LogP contribution in [-0.4, -0.2) is 52.9 Å². The van der Waals surface area contributed by atoms with Crippen molar-refractivity contribution >= 4 is 12.0 Å². The highest BCUT2D eigenvalue weighted by Gasteiger charge is 2.34. The largest absolute Gasteiger partial charge is 0.481 e. The average Bonchev–Trinajstić information content (AvgIpc) is 2.73. The predicted molar refractivity (Wildman–Crippen MR) is 66.2 cm³/mol. The predicted octanol–water partition coefficient (Wildman–Crippen LogP) is 0.652. The van der Waals surface area contributed by atoms with Crippen LogP contribution in [0.1, 0.15) is 32.6 Å². The summed E-state index contributed by atoms with van der Waals surface area (Å²) in [5.41, 5.74) is 0. The monoisotopic (exact) mass is 258 g/mol.